The van der Waals surface area contributed by atoms with Crippen LogP contribution < -0.4 is 11.1 Å². The minimum Gasteiger partial charge on any atom is -0.370 e. The number of hydrogen-bond donors (Lipinski definition) is 2. The van der Waals surface area contributed by atoms with Gasteiger partial charge in [-0.05, 0) is 35.7 Å². The number of hydrogen-bond acceptors (Lipinski definition) is 6. The molecule has 0 bridgehead atoms. The first kappa shape index (κ1) is 19.4. The van der Waals surface area contributed by atoms with Crippen molar-refractivity contribution in [2.24, 2.45) is 5.73 Å². The van der Waals surface area contributed by atoms with Crippen molar-refractivity contribution in [3.05, 3.63) is 46.8 Å². The maximum absolute atomic E-state index is 12.2. The first-order valence-electron chi connectivity index (χ1n) is 7.96. The fourth-order valence-corrected chi connectivity index (χ4v) is 3.88. The molecule has 0 aliphatic heterocycles. The number of primary amides is 1. The van der Waals surface area contributed by atoms with Crippen molar-refractivity contribution in [2.75, 3.05) is 11.1 Å². The molecule has 2 heterocycles. The molecule has 10 heteroatoms. The highest BCUT2D eigenvalue weighted by Crippen LogP contribution is 2.27. The molecule has 0 saturated heterocycles. The maximum atomic E-state index is 12.2. The van der Waals surface area contributed by atoms with E-state index in [1.165, 1.54) is 23.1 Å². The standard InChI is InChI=1S/C17H16ClN5O2S2/c18-11-3-5-12(6-4-11)20-15(25)10-27-17-22-21-16(13-2-1-9-26-13)23(17)8-7-14(19)24/h1-6,9H,7-8,10H2,(H2,19,24)(H,20,25). The summed E-state index contributed by atoms with van der Waals surface area (Å²) in [6.45, 7) is 0.358. The highest BCUT2D eigenvalue weighted by molar-refractivity contribution is 7.99. The van der Waals surface area contributed by atoms with Crippen molar-refractivity contribution in [3.63, 3.8) is 0 Å². The molecular weight excluding hydrogens is 406 g/mol. The van der Waals surface area contributed by atoms with E-state index in [2.05, 4.69) is 15.5 Å². The molecule has 0 aliphatic carbocycles. The third kappa shape index (κ3) is 5.31. The first-order valence-corrected chi connectivity index (χ1v) is 10.2. The van der Waals surface area contributed by atoms with Gasteiger partial charge in [0.1, 0.15) is 0 Å². The normalized spacial score (nSPS) is 10.7. The number of nitrogens with two attached hydrogens (primary N) is 1. The van der Waals surface area contributed by atoms with E-state index in [0.717, 1.165) is 4.88 Å². The van der Waals surface area contributed by atoms with Crippen LogP contribution in [0.1, 0.15) is 6.42 Å². The molecule has 0 radical (unpaired) electrons. The van der Waals surface area contributed by atoms with E-state index in [0.29, 0.717) is 28.2 Å². The van der Waals surface area contributed by atoms with E-state index in [1.807, 2.05) is 22.1 Å². The highest BCUT2D eigenvalue weighted by atomic mass is 35.5. The summed E-state index contributed by atoms with van der Waals surface area (Å²) in [6.07, 6.45) is 0.168. The number of nitrogens with one attached hydrogen (secondary N) is 1. The number of thioether (sulfide) groups is 1. The van der Waals surface area contributed by atoms with Crippen molar-refractivity contribution >= 4 is 52.2 Å². The van der Waals surface area contributed by atoms with Crippen LogP contribution in [0, 0.1) is 0 Å². The van der Waals surface area contributed by atoms with Crippen molar-refractivity contribution in [1.82, 2.24) is 14.8 Å². The summed E-state index contributed by atoms with van der Waals surface area (Å²) in [5.41, 5.74) is 5.94. The molecule has 27 heavy (non-hydrogen) atoms. The van der Waals surface area contributed by atoms with Gasteiger partial charge in [-0.25, -0.2) is 0 Å². The number of carbonyl (C=O) groups excluding carboxylic acids is 2. The molecular formula is C17H16ClN5O2S2. The Balaban J connectivity index is 1.69. The Morgan fingerprint density at radius 2 is 2.00 bits per heavy atom. The third-order valence-electron chi connectivity index (χ3n) is 3.50. The minimum atomic E-state index is -0.405. The second-order valence-electron chi connectivity index (χ2n) is 5.50. The molecule has 0 unspecified atom stereocenters. The molecule has 2 aromatic heterocycles. The Hall–Kier alpha value is -2.36. The van der Waals surface area contributed by atoms with Gasteiger partial charge >= 0.3 is 0 Å². The van der Waals surface area contributed by atoms with Crippen molar-refractivity contribution in [2.45, 2.75) is 18.1 Å². The zero-order valence-corrected chi connectivity index (χ0v) is 16.5. The van der Waals surface area contributed by atoms with Gasteiger partial charge in [-0.15, -0.1) is 21.5 Å². The minimum absolute atomic E-state index is 0.155. The predicted octanol–water partition coefficient (Wildman–Crippen LogP) is 3.27. The van der Waals surface area contributed by atoms with Crippen LogP contribution in [0.25, 0.3) is 10.7 Å². The fraction of sp³-hybridized carbons (Fsp3) is 0.176. The summed E-state index contributed by atoms with van der Waals surface area (Å²) < 4.78 is 1.82. The van der Waals surface area contributed by atoms with Crippen LogP contribution in [0.2, 0.25) is 5.02 Å². The topological polar surface area (TPSA) is 103 Å². The molecule has 0 saturated carbocycles. The van der Waals surface area contributed by atoms with E-state index >= 15 is 0 Å². The molecule has 140 valence electrons. The molecule has 1 aromatic carbocycles. The van der Waals surface area contributed by atoms with Gasteiger partial charge in [0.2, 0.25) is 11.8 Å². The van der Waals surface area contributed by atoms with Crippen LogP contribution in [0.5, 0.6) is 0 Å². The molecule has 0 fully saturated rings. The lowest BCUT2D eigenvalue weighted by atomic mass is 10.3. The average molecular weight is 422 g/mol. The Morgan fingerprint density at radius 1 is 1.22 bits per heavy atom. The third-order valence-corrected chi connectivity index (χ3v) is 5.59. The van der Waals surface area contributed by atoms with Crippen LogP contribution in [-0.4, -0.2) is 32.3 Å². The van der Waals surface area contributed by atoms with E-state index in [1.54, 1.807) is 24.3 Å². The lowest BCUT2D eigenvalue weighted by Gasteiger charge is -2.08. The number of halogens is 1. The van der Waals surface area contributed by atoms with Gasteiger partial charge in [-0.3, -0.25) is 9.59 Å². The van der Waals surface area contributed by atoms with E-state index < -0.39 is 5.91 Å². The number of benzene rings is 1. The Labute approximate surface area is 168 Å². The monoisotopic (exact) mass is 421 g/mol. The summed E-state index contributed by atoms with van der Waals surface area (Å²) in [4.78, 5) is 24.3. The van der Waals surface area contributed by atoms with Crippen molar-refractivity contribution in [1.29, 1.82) is 0 Å². The van der Waals surface area contributed by atoms with Gasteiger partial charge in [0.05, 0.1) is 10.6 Å². The lowest BCUT2D eigenvalue weighted by Crippen LogP contribution is -2.16. The second kappa shape index (κ2) is 9.03. The number of aromatic nitrogens is 3. The zero-order valence-electron chi connectivity index (χ0n) is 14.1. The van der Waals surface area contributed by atoms with Crippen molar-refractivity contribution in [3.8, 4) is 10.7 Å². The van der Waals surface area contributed by atoms with Gasteiger partial charge in [0.25, 0.3) is 0 Å². The van der Waals surface area contributed by atoms with E-state index in [9.17, 15) is 9.59 Å². The number of anilines is 1. The number of carbonyl (C=O) groups is 2. The fourth-order valence-electron chi connectivity index (χ4n) is 2.27. The summed E-state index contributed by atoms with van der Waals surface area (Å²) >= 11 is 8.61. The summed E-state index contributed by atoms with van der Waals surface area (Å²) in [6, 6.07) is 10.7. The lowest BCUT2D eigenvalue weighted by molar-refractivity contribution is -0.118. The number of amides is 2. The van der Waals surface area contributed by atoms with Gasteiger partial charge < -0.3 is 15.6 Å². The molecule has 0 atom stereocenters. The van der Waals surface area contributed by atoms with Crippen LogP contribution in [-0.2, 0) is 16.1 Å². The van der Waals surface area contributed by atoms with Crippen LogP contribution in [0.15, 0.2) is 46.9 Å². The van der Waals surface area contributed by atoms with Crippen LogP contribution >= 0.6 is 34.7 Å². The van der Waals surface area contributed by atoms with Gasteiger partial charge in [0, 0.05) is 23.7 Å². The molecule has 7 nitrogen and oxygen atoms in total. The summed E-state index contributed by atoms with van der Waals surface area (Å²) in [7, 11) is 0. The number of nitrogens with zero attached hydrogens (tertiary/aromatic N) is 3. The quantitative estimate of drug-likeness (QED) is 0.543. The van der Waals surface area contributed by atoms with Gasteiger partial charge in [-0.2, -0.15) is 0 Å². The Morgan fingerprint density at radius 3 is 2.67 bits per heavy atom. The van der Waals surface area contributed by atoms with Crippen LogP contribution in [0.3, 0.4) is 0 Å². The average Bonchev–Trinajstić information content (AvgIpc) is 3.29. The summed E-state index contributed by atoms with van der Waals surface area (Å²) in [5.74, 6) is 0.232. The predicted molar refractivity (Wildman–Crippen MR) is 108 cm³/mol. The van der Waals surface area contributed by atoms with Gasteiger partial charge in [0.15, 0.2) is 11.0 Å². The van der Waals surface area contributed by atoms with Gasteiger partial charge in [-0.1, -0.05) is 29.4 Å². The van der Waals surface area contributed by atoms with E-state index in [-0.39, 0.29) is 18.1 Å². The van der Waals surface area contributed by atoms with Crippen molar-refractivity contribution < 1.29 is 9.59 Å². The molecule has 3 rings (SSSR count). The maximum Gasteiger partial charge on any atom is 0.234 e. The largest absolute Gasteiger partial charge is 0.370 e. The SMILES string of the molecule is NC(=O)CCn1c(SCC(=O)Nc2ccc(Cl)cc2)nnc1-c1cccs1. The van der Waals surface area contributed by atoms with Crippen LogP contribution in [0.4, 0.5) is 5.69 Å². The van der Waals surface area contributed by atoms with E-state index in [4.69, 9.17) is 17.3 Å². The molecule has 3 N–H and O–H groups in total. The molecule has 0 spiro atoms. The molecule has 3 aromatic rings. The second-order valence-corrected chi connectivity index (χ2v) is 7.82. The Kier molecular flexibility index (Phi) is 6.49. The summed E-state index contributed by atoms with van der Waals surface area (Å²) in [5, 5.41) is 14.3. The first-order chi connectivity index (χ1) is 13.0. The Bertz CT molecular complexity index is 925. The highest BCUT2D eigenvalue weighted by Gasteiger charge is 2.17. The zero-order chi connectivity index (χ0) is 19.2. The number of thiophene rings is 1. The smallest absolute Gasteiger partial charge is 0.234 e. The number of rotatable bonds is 8. The molecule has 0 aliphatic rings. The molecule has 2 amide bonds.